The number of nitrogens with one attached hydrogen (secondary N) is 1. The molecule has 3 heteroatoms. The first-order valence-electron chi connectivity index (χ1n) is 5.67. The largest absolute Gasteiger partial charge is 0.468 e. The third-order valence-electron chi connectivity index (χ3n) is 3.03. The van der Waals surface area contributed by atoms with Crippen LogP contribution in [-0.2, 0) is 5.75 Å². The lowest BCUT2D eigenvalue weighted by Gasteiger charge is -2.06. The van der Waals surface area contributed by atoms with E-state index in [9.17, 15) is 0 Å². The Balaban J connectivity index is 1.60. The van der Waals surface area contributed by atoms with E-state index in [0.29, 0.717) is 0 Å². The van der Waals surface area contributed by atoms with Gasteiger partial charge in [0.15, 0.2) is 0 Å². The van der Waals surface area contributed by atoms with Crippen molar-refractivity contribution in [2.24, 2.45) is 5.92 Å². The Kier molecular flexibility index (Phi) is 4.15. The van der Waals surface area contributed by atoms with Crippen LogP contribution in [0.2, 0.25) is 0 Å². The molecule has 1 fully saturated rings. The molecule has 15 heavy (non-hydrogen) atoms. The molecule has 0 aliphatic carbocycles. The lowest BCUT2D eigenvalue weighted by Crippen LogP contribution is -2.09. The Labute approximate surface area is 95.8 Å². The van der Waals surface area contributed by atoms with E-state index in [0.717, 1.165) is 17.4 Å². The number of hydrogen-bond donors (Lipinski definition) is 1. The minimum Gasteiger partial charge on any atom is -0.468 e. The lowest BCUT2D eigenvalue weighted by molar-refractivity contribution is 0.527. The molecule has 1 unspecified atom stereocenters. The minimum absolute atomic E-state index is 0.912. The van der Waals surface area contributed by atoms with E-state index in [-0.39, 0.29) is 0 Å². The van der Waals surface area contributed by atoms with Crippen LogP contribution in [0.15, 0.2) is 16.7 Å². The zero-order valence-corrected chi connectivity index (χ0v) is 10.1. The summed E-state index contributed by atoms with van der Waals surface area (Å²) in [6.45, 7) is 4.55. The highest BCUT2D eigenvalue weighted by molar-refractivity contribution is 7.98. The molecule has 0 amide bonds. The van der Waals surface area contributed by atoms with E-state index < -0.39 is 0 Å². The molecule has 1 aromatic rings. The van der Waals surface area contributed by atoms with E-state index in [2.05, 4.69) is 12.2 Å². The second-order valence-electron chi connectivity index (χ2n) is 4.23. The summed E-state index contributed by atoms with van der Waals surface area (Å²) in [5, 5.41) is 3.41. The third-order valence-corrected chi connectivity index (χ3v) is 4.02. The Hall–Kier alpha value is -0.410. The summed E-state index contributed by atoms with van der Waals surface area (Å²) in [6, 6.07) is 2.04. The molecule has 2 heterocycles. The van der Waals surface area contributed by atoms with Crippen molar-refractivity contribution in [2.75, 3.05) is 18.8 Å². The molecule has 84 valence electrons. The number of thioether (sulfide) groups is 1. The maximum absolute atomic E-state index is 5.40. The quantitative estimate of drug-likeness (QED) is 0.780. The summed E-state index contributed by atoms with van der Waals surface area (Å²) < 4.78 is 5.40. The van der Waals surface area contributed by atoms with Gasteiger partial charge in [-0.2, -0.15) is 11.8 Å². The predicted octanol–water partition coefficient (Wildman–Crippen LogP) is 2.82. The van der Waals surface area contributed by atoms with Gasteiger partial charge in [-0.1, -0.05) is 0 Å². The molecule has 1 saturated heterocycles. The molecule has 1 aliphatic heterocycles. The van der Waals surface area contributed by atoms with Crippen LogP contribution in [0.1, 0.15) is 24.2 Å². The molecule has 1 aromatic heterocycles. The maximum Gasteiger partial charge on any atom is 0.116 e. The fourth-order valence-electron chi connectivity index (χ4n) is 1.93. The first-order valence-corrected chi connectivity index (χ1v) is 6.83. The van der Waals surface area contributed by atoms with Crippen molar-refractivity contribution < 1.29 is 4.42 Å². The molecular formula is C12H19NOS. The van der Waals surface area contributed by atoms with Gasteiger partial charge in [-0.25, -0.2) is 0 Å². The van der Waals surface area contributed by atoms with Crippen LogP contribution in [0.5, 0.6) is 0 Å². The van der Waals surface area contributed by atoms with Gasteiger partial charge in [0.05, 0.1) is 12.0 Å². The molecule has 2 nitrogen and oxygen atoms in total. The van der Waals surface area contributed by atoms with Gasteiger partial charge in [0.2, 0.25) is 0 Å². The molecular weight excluding hydrogens is 206 g/mol. The summed E-state index contributed by atoms with van der Waals surface area (Å²) in [7, 11) is 0. The average molecular weight is 225 g/mol. The highest BCUT2D eigenvalue weighted by Crippen LogP contribution is 2.20. The summed E-state index contributed by atoms with van der Waals surface area (Å²) in [5.41, 5.74) is 1.28. The molecule has 1 N–H and O–H groups in total. The molecule has 0 radical (unpaired) electrons. The number of hydrogen-bond acceptors (Lipinski definition) is 3. The predicted molar refractivity (Wildman–Crippen MR) is 65.2 cm³/mol. The van der Waals surface area contributed by atoms with Gasteiger partial charge in [0.1, 0.15) is 5.76 Å². The van der Waals surface area contributed by atoms with Crippen molar-refractivity contribution in [2.45, 2.75) is 25.5 Å². The van der Waals surface area contributed by atoms with E-state index in [1.165, 1.54) is 37.2 Å². The highest BCUT2D eigenvalue weighted by atomic mass is 32.2. The average Bonchev–Trinajstić information content (AvgIpc) is 2.85. The van der Waals surface area contributed by atoms with E-state index in [4.69, 9.17) is 4.42 Å². The highest BCUT2D eigenvalue weighted by Gasteiger charge is 2.13. The van der Waals surface area contributed by atoms with Gasteiger partial charge < -0.3 is 9.73 Å². The third kappa shape index (κ3) is 3.28. The molecule has 0 bridgehead atoms. The number of furan rings is 1. The second kappa shape index (κ2) is 5.61. The van der Waals surface area contributed by atoms with E-state index in [1.807, 2.05) is 17.8 Å². The Morgan fingerprint density at radius 1 is 1.60 bits per heavy atom. The second-order valence-corrected chi connectivity index (χ2v) is 5.33. The molecule has 1 aliphatic rings. The molecule has 2 rings (SSSR count). The van der Waals surface area contributed by atoms with E-state index >= 15 is 0 Å². The van der Waals surface area contributed by atoms with Crippen LogP contribution in [0.25, 0.3) is 0 Å². The van der Waals surface area contributed by atoms with Crippen molar-refractivity contribution in [3.05, 3.63) is 23.7 Å². The smallest absolute Gasteiger partial charge is 0.116 e. The van der Waals surface area contributed by atoms with Crippen molar-refractivity contribution in [1.29, 1.82) is 0 Å². The lowest BCUT2D eigenvalue weighted by atomic mass is 10.1. The van der Waals surface area contributed by atoms with Crippen LogP contribution in [0.3, 0.4) is 0 Å². The summed E-state index contributed by atoms with van der Waals surface area (Å²) in [5.74, 6) is 4.34. The Morgan fingerprint density at radius 3 is 3.20 bits per heavy atom. The molecule has 0 saturated carbocycles. The van der Waals surface area contributed by atoms with E-state index in [1.54, 1.807) is 6.26 Å². The zero-order valence-electron chi connectivity index (χ0n) is 9.29. The van der Waals surface area contributed by atoms with Gasteiger partial charge in [0.25, 0.3) is 0 Å². The van der Waals surface area contributed by atoms with Crippen molar-refractivity contribution >= 4 is 11.8 Å². The topological polar surface area (TPSA) is 25.2 Å². The normalized spacial score (nSPS) is 21.0. The fourth-order valence-corrected chi connectivity index (χ4v) is 3.05. The fraction of sp³-hybridized carbons (Fsp3) is 0.667. The van der Waals surface area contributed by atoms with Gasteiger partial charge in [-0.3, -0.25) is 0 Å². The van der Waals surface area contributed by atoms with Crippen LogP contribution in [0, 0.1) is 12.8 Å². The number of aryl methyl sites for hydroxylation is 1. The minimum atomic E-state index is 0.912. The zero-order chi connectivity index (χ0) is 10.5. The van der Waals surface area contributed by atoms with Crippen molar-refractivity contribution in [3.8, 4) is 0 Å². The Morgan fingerprint density at radius 2 is 2.53 bits per heavy atom. The van der Waals surface area contributed by atoms with Gasteiger partial charge in [-0.05, 0) is 56.2 Å². The first-order chi connectivity index (χ1) is 7.36. The van der Waals surface area contributed by atoms with Gasteiger partial charge >= 0.3 is 0 Å². The van der Waals surface area contributed by atoms with Crippen LogP contribution in [0.4, 0.5) is 0 Å². The molecule has 1 atom stereocenters. The Bertz CT molecular complexity index is 292. The monoisotopic (exact) mass is 225 g/mol. The molecule has 0 spiro atoms. The van der Waals surface area contributed by atoms with Crippen LogP contribution in [-0.4, -0.2) is 18.8 Å². The van der Waals surface area contributed by atoms with Crippen LogP contribution < -0.4 is 5.32 Å². The van der Waals surface area contributed by atoms with Crippen molar-refractivity contribution in [3.63, 3.8) is 0 Å². The molecule has 0 aromatic carbocycles. The number of rotatable bonds is 5. The summed E-state index contributed by atoms with van der Waals surface area (Å²) in [4.78, 5) is 0. The summed E-state index contributed by atoms with van der Waals surface area (Å²) >= 11 is 1.99. The van der Waals surface area contributed by atoms with Crippen LogP contribution >= 0.6 is 11.8 Å². The first kappa shape index (κ1) is 11.1. The van der Waals surface area contributed by atoms with Gasteiger partial charge in [-0.15, -0.1) is 0 Å². The van der Waals surface area contributed by atoms with Gasteiger partial charge in [0, 0.05) is 0 Å². The maximum atomic E-state index is 5.40. The van der Waals surface area contributed by atoms with Crippen molar-refractivity contribution in [1.82, 2.24) is 5.32 Å². The SMILES string of the molecule is Cc1ccoc1CSCCC1CCNC1. The summed E-state index contributed by atoms with van der Waals surface area (Å²) in [6.07, 6.45) is 4.49. The standard InChI is InChI=1S/C12H19NOS/c1-10-3-6-14-12(10)9-15-7-4-11-2-5-13-8-11/h3,6,11,13H,2,4-5,7-9H2,1H3.